The summed E-state index contributed by atoms with van der Waals surface area (Å²) in [5.74, 6) is -0.211. The molecule has 0 fully saturated rings. The Kier molecular flexibility index (Phi) is 6.21. The van der Waals surface area contributed by atoms with Gasteiger partial charge in [-0.15, -0.1) is 0 Å². The van der Waals surface area contributed by atoms with Gasteiger partial charge in [-0.3, -0.25) is 4.79 Å². The summed E-state index contributed by atoms with van der Waals surface area (Å²) >= 11 is 5.92. The van der Waals surface area contributed by atoms with Crippen molar-refractivity contribution in [2.75, 3.05) is 20.3 Å². The standard InChI is InChI=1S/C21H20ClNO5/c1-3-26-17-7-4-14(5-8-17)12-23(2)20(24)13-27-21(25)19-11-15-10-16(22)6-9-18(15)28-19/h4-11H,3,12-13H2,1-2H3. The number of halogens is 1. The van der Waals surface area contributed by atoms with Crippen LogP contribution in [0.4, 0.5) is 0 Å². The van der Waals surface area contributed by atoms with Crippen LogP contribution in [0.1, 0.15) is 23.0 Å². The zero-order valence-corrected chi connectivity index (χ0v) is 16.4. The lowest BCUT2D eigenvalue weighted by molar-refractivity contribution is -0.133. The van der Waals surface area contributed by atoms with Crippen molar-refractivity contribution in [2.24, 2.45) is 0 Å². The van der Waals surface area contributed by atoms with Gasteiger partial charge in [0.15, 0.2) is 6.61 Å². The average molecular weight is 402 g/mol. The highest BCUT2D eigenvalue weighted by atomic mass is 35.5. The summed E-state index contributed by atoms with van der Waals surface area (Å²) in [6.07, 6.45) is 0. The Hall–Kier alpha value is -2.99. The molecule has 0 aliphatic heterocycles. The van der Waals surface area contributed by atoms with Gasteiger partial charge in [0, 0.05) is 24.0 Å². The maximum Gasteiger partial charge on any atom is 0.374 e. The second kappa shape index (κ2) is 8.80. The molecule has 7 heteroatoms. The highest BCUT2D eigenvalue weighted by molar-refractivity contribution is 6.31. The molecule has 0 bridgehead atoms. The van der Waals surface area contributed by atoms with E-state index in [0.717, 1.165) is 11.3 Å². The van der Waals surface area contributed by atoms with Crippen LogP contribution in [0.25, 0.3) is 11.0 Å². The molecule has 0 N–H and O–H groups in total. The summed E-state index contributed by atoms with van der Waals surface area (Å²) in [4.78, 5) is 25.9. The predicted molar refractivity (Wildman–Crippen MR) is 106 cm³/mol. The normalized spacial score (nSPS) is 10.7. The van der Waals surface area contributed by atoms with Crippen molar-refractivity contribution >= 4 is 34.4 Å². The van der Waals surface area contributed by atoms with Crippen molar-refractivity contribution < 1.29 is 23.5 Å². The molecule has 146 valence electrons. The second-order valence-corrected chi connectivity index (χ2v) is 6.63. The maximum absolute atomic E-state index is 12.2. The number of likely N-dealkylation sites (N-methyl/N-ethyl adjacent to an activating group) is 1. The van der Waals surface area contributed by atoms with E-state index in [9.17, 15) is 9.59 Å². The van der Waals surface area contributed by atoms with E-state index >= 15 is 0 Å². The fraction of sp³-hybridized carbons (Fsp3) is 0.238. The molecule has 28 heavy (non-hydrogen) atoms. The molecule has 3 rings (SSSR count). The van der Waals surface area contributed by atoms with Gasteiger partial charge in [-0.1, -0.05) is 23.7 Å². The molecule has 3 aromatic rings. The molecular weight excluding hydrogens is 382 g/mol. The zero-order chi connectivity index (χ0) is 20.1. The molecule has 6 nitrogen and oxygen atoms in total. The van der Waals surface area contributed by atoms with Crippen molar-refractivity contribution in [3.63, 3.8) is 0 Å². The number of benzene rings is 2. The van der Waals surface area contributed by atoms with Crippen molar-refractivity contribution in [3.05, 3.63) is 64.9 Å². The minimum Gasteiger partial charge on any atom is -0.494 e. The van der Waals surface area contributed by atoms with Crippen LogP contribution in [0.2, 0.25) is 5.02 Å². The lowest BCUT2D eigenvalue weighted by Crippen LogP contribution is -2.30. The van der Waals surface area contributed by atoms with Crippen molar-refractivity contribution in [2.45, 2.75) is 13.5 Å². The molecule has 0 unspecified atom stereocenters. The number of nitrogens with zero attached hydrogens (tertiary/aromatic N) is 1. The number of ether oxygens (including phenoxy) is 2. The van der Waals surface area contributed by atoms with Crippen LogP contribution in [0.3, 0.4) is 0 Å². The van der Waals surface area contributed by atoms with Crippen LogP contribution >= 0.6 is 11.6 Å². The number of fused-ring (bicyclic) bond motifs is 1. The summed E-state index contributed by atoms with van der Waals surface area (Å²) in [6.45, 7) is 2.54. The second-order valence-electron chi connectivity index (χ2n) is 6.20. The third-order valence-electron chi connectivity index (χ3n) is 4.09. The first-order valence-electron chi connectivity index (χ1n) is 8.78. The average Bonchev–Trinajstić information content (AvgIpc) is 3.10. The van der Waals surface area contributed by atoms with Gasteiger partial charge < -0.3 is 18.8 Å². The molecule has 0 saturated heterocycles. The van der Waals surface area contributed by atoms with Gasteiger partial charge in [-0.2, -0.15) is 0 Å². The summed E-state index contributed by atoms with van der Waals surface area (Å²) in [7, 11) is 1.65. The Morgan fingerprint density at radius 1 is 1.11 bits per heavy atom. The third-order valence-corrected chi connectivity index (χ3v) is 4.32. The summed E-state index contributed by atoms with van der Waals surface area (Å²) in [6, 6.07) is 14.0. The molecule has 0 saturated carbocycles. The Morgan fingerprint density at radius 2 is 1.86 bits per heavy atom. The number of carbonyl (C=O) groups excluding carboxylic acids is 2. The minimum atomic E-state index is -0.699. The predicted octanol–water partition coefficient (Wildman–Crippen LogP) is 4.30. The van der Waals surface area contributed by atoms with Gasteiger partial charge in [0.05, 0.1) is 6.61 Å². The third kappa shape index (κ3) is 4.84. The molecule has 0 radical (unpaired) electrons. The van der Waals surface area contributed by atoms with Crippen LogP contribution in [-0.4, -0.2) is 37.0 Å². The smallest absolute Gasteiger partial charge is 0.374 e. The summed E-state index contributed by atoms with van der Waals surface area (Å²) in [5, 5.41) is 1.23. The van der Waals surface area contributed by atoms with E-state index in [1.807, 2.05) is 31.2 Å². The SMILES string of the molecule is CCOc1ccc(CN(C)C(=O)COC(=O)c2cc3cc(Cl)ccc3o2)cc1. The first-order valence-corrected chi connectivity index (χ1v) is 9.16. The van der Waals surface area contributed by atoms with E-state index in [0.29, 0.717) is 29.1 Å². The minimum absolute atomic E-state index is 0.0271. The first kappa shape index (κ1) is 19.8. The van der Waals surface area contributed by atoms with Crippen LogP contribution in [0, 0.1) is 0 Å². The highest BCUT2D eigenvalue weighted by Gasteiger charge is 2.17. The van der Waals surface area contributed by atoms with Crippen molar-refractivity contribution in [1.29, 1.82) is 0 Å². The van der Waals surface area contributed by atoms with E-state index in [-0.39, 0.29) is 18.3 Å². The van der Waals surface area contributed by atoms with Gasteiger partial charge in [0.1, 0.15) is 11.3 Å². The quantitative estimate of drug-likeness (QED) is 0.552. The monoisotopic (exact) mass is 401 g/mol. The molecule has 0 atom stereocenters. The Labute approximate surface area is 167 Å². The van der Waals surface area contributed by atoms with Crippen LogP contribution in [0.5, 0.6) is 5.75 Å². The Morgan fingerprint density at radius 3 is 2.57 bits per heavy atom. The molecule has 0 aliphatic carbocycles. The topological polar surface area (TPSA) is 69.0 Å². The number of furan rings is 1. The lowest BCUT2D eigenvalue weighted by atomic mass is 10.2. The van der Waals surface area contributed by atoms with Crippen LogP contribution in [0.15, 0.2) is 52.9 Å². The van der Waals surface area contributed by atoms with Gasteiger partial charge in [-0.25, -0.2) is 4.79 Å². The number of amides is 1. The lowest BCUT2D eigenvalue weighted by Gasteiger charge is -2.17. The van der Waals surface area contributed by atoms with E-state index in [1.54, 1.807) is 25.2 Å². The number of rotatable bonds is 7. The van der Waals surface area contributed by atoms with E-state index in [2.05, 4.69) is 0 Å². The number of hydrogen-bond donors (Lipinski definition) is 0. The number of esters is 1. The number of hydrogen-bond acceptors (Lipinski definition) is 5. The molecule has 1 heterocycles. The van der Waals surface area contributed by atoms with Crippen molar-refractivity contribution in [1.82, 2.24) is 4.90 Å². The molecular formula is C21H20ClNO5. The summed E-state index contributed by atoms with van der Waals surface area (Å²) in [5.41, 5.74) is 1.47. The van der Waals surface area contributed by atoms with Crippen molar-refractivity contribution in [3.8, 4) is 5.75 Å². The fourth-order valence-electron chi connectivity index (χ4n) is 2.64. The van der Waals surface area contributed by atoms with Gasteiger partial charge in [0.25, 0.3) is 5.91 Å². The van der Waals surface area contributed by atoms with E-state index in [4.69, 9.17) is 25.5 Å². The van der Waals surface area contributed by atoms with Gasteiger partial charge in [0.2, 0.25) is 5.76 Å². The summed E-state index contributed by atoms with van der Waals surface area (Å²) < 4.78 is 15.9. The molecule has 0 aliphatic rings. The van der Waals surface area contributed by atoms with E-state index < -0.39 is 5.97 Å². The first-order chi connectivity index (χ1) is 13.5. The maximum atomic E-state index is 12.2. The Balaban J connectivity index is 1.53. The molecule has 1 amide bonds. The fourth-order valence-corrected chi connectivity index (χ4v) is 2.82. The largest absolute Gasteiger partial charge is 0.494 e. The zero-order valence-electron chi connectivity index (χ0n) is 15.6. The van der Waals surface area contributed by atoms with Gasteiger partial charge >= 0.3 is 5.97 Å². The number of carbonyl (C=O) groups is 2. The molecule has 1 aromatic heterocycles. The molecule has 2 aromatic carbocycles. The van der Waals surface area contributed by atoms with Crippen LogP contribution in [-0.2, 0) is 16.1 Å². The highest BCUT2D eigenvalue weighted by Crippen LogP contribution is 2.23. The Bertz CT molecular complexity index is 980. The van der Waals surface area contributed by atoms with E-state index in [1.165, 1.54) is 11.0 Å². The van der Waals surface area contributed by atoms with Crippen LogP contribution < -0.4 is 4.74 Å². The molecule has 0 spiro atoms. The van der Waals surface area contributed by atoms with Gasteiger partial charge in [-0.05, 0) is 48.9 Å².